The molecule has 0 aliphatic rings. The van der Waals surface area contributed by atoms with Crippen molar-refractivity contribution in [3.8, 4) is 6.07 Å². The molecule has 0 aromatic heterocycles. The highest BCUT2D eigenvalue weighted by Crippen LogP contribution is 2.11. The lowest BCUT2D eigenvalue weighted by molar-refractivity contribution is 0.626. The molecule has 0 saturated carbocycles. The van der Waals surface area contributed by atoms with E-state index in [0.717, 1.165) is 11.1 Å². The fraction of sp³-hybridized carbons (Fsp3) is 0.182. The molecule has 0 spiro atoms. The van der Waals surface area contributed by atoms with Gasteiger partial charge < -0.3 is 0 Å². The van der Waals surface area contributed by atoms with E-state index in [2.05, 4.69) is 0 Å². The zero-order valence-corrected chi connectivity index (χ0v) is 7.42. The van der Waals surface area contributed by atoms with Crippen molar-refractivity contribution in [2.24, 2.45) is 0 Å². The first kappa shape index (κ1) is 9.47. The summed E-state index contributed by atoms with van der Waals surface area (Å²) in [5, 5.41) is 8.30. The van der Waals surface area contributed by atoms with Gasteiger partial charge in [-0.1, -0.05) is 18.2 Å². The first-order chi connectivity index (χ1) is 6.24. The second kappa shape index (κ2) is 4.42. The maximum Gasteiger partial charge on any atom is 0.123 e. The quantitative estimate of drug-likeness (QED) is 0.677. The molecule has 1 rings (SSSR count). The van der Waals surface area contributed by atoms with Gasteiger partial charge in [-0.3, -0.25) is 0 Å². The molecule has 1 aromatic carbocycles. The standard InChI is InChI=1S/C11H10FN/c1-9-8-11(12)6-5-10(9)4-2-3-7-13/h2,4-6,8H,3H2,1H3. The molecule has 0 heterocycles. The van der Waals surface area contributed by atoms with Gasteiger partial charge in [0, 0.05) is 0 Å². The molecule has 0 radical (unpaired) electrons. The molecule has 2 heteroatoms. The van der Waals surface area contributed by atoms with Gasteiger partial charge in [0.15, 0.2) is 0 Å². The van der Waals surface area contributed by atoms with E-state index in [1.807, 2.05) is 19.1 Å². The predicted molar refractivity (Wildman–Crippen MR) is 50.4 cm³/mol. The van der Waals surface area contributed by atoms with Gasteiger partial charge in [-0.2, -0.15) is 5.26 Å². The van der Waals surface area contributed by atoms with E-state index in [0.29, 0.717) is 6.42 Å². The molecular weight excluding hydrogens is 165 g/mol. The van der Waals surface area contributed by atoms with Crippen molar-refractivity contribution in [1.29, 1.82) is 5.26 Å². The monoisotopic (exact) mass is 175 g/mol. The van der Waals surface area contributed by atoms with E-state index in [1.54, 1.807) is 12.1 Å². The highest BCUT2D eigenvalue weighted by molar-refractivity contribution is 5.53. The number of rotatable bonds is 2. The van der Waals surface area contributed by atoms with Gasteiger partial charge in [-0.15, -0.1) is 0 Å². The Labute approximate surface area is 77.1 Å². The molecule has 0 atom stereocenters. The second-order valence-corrected chi connectivity index (χ2v) is 2.77. The summed E-state index contributed by atoms with van der Waals surface area (Å²) in [7, 11) is 0. The van der Waals surface area contributed by atoms with Crippen LogP contribution in [0.2, 0.25) is 0 Å². The third kappa shape index (κ3) is 2.72. The Bertz CT molecular complexity index is 361. The van der Waals surface area contributed by atoms with Crippen molar-refractivity contribution >= 4 is 6.08 Å². The number of aryl methyl sites for hydroxylation is 1. The number of halogens is 1. The minimum atomic E-state index is -0.227. The molecule has 0 fully saturated rings. The van der Waals surface area contributed by atoms with Crippen LogP contribution >= 0.6 is 0 Å². The fourth-order valence-corrected chi connectivity index (χ4v) is 1.06. The molecule has 0 aliphatic heterocycles. The van der Waals surface area contributed by atoms with Gasteiger partial charge in [0.1, 0.15) is 5.82 Å². The third-order valence-electron chi connectivity index (χ3n) is 1.74. The minimum Gasteiger partial charge on any atom is -0.207 e. The average molecular weight is 175 g/mol. The van der Waals surface area contributed by atoms with Crippen LogP contribution in [0, 0.1) is 24.1 Å². The molecule has 0 amide bonds. The molecule has 0 aliphatic carbocycles. The summed E-state index contributed by atoms with van der Waals surface area (Å²) in [6.45, 7) is 1.84. The van der Waals surface area contributed by atoms with Gasteiger partial charge in [0.25, 0.3) is 0 Å². The minimum absolute atomic E-state index is 0.227. The van der Waals surface area contributed by atoms with Gasteiger partial charge in [0.2, 0.25) is 0 Å². The summed E-state index contributed by atoms with van der Waals surface area (Å²) in [5.41, 5.74) is 1.84. The number of nitriles is 1. The molecule has 1 nitrogen and oxygen atoms in total. The average Bonchev–Trinajstić information content (AvgIpc) is 2.09. The van der Waals surface area contributed by atoms with Gasteiger partial charge >= 0.3 is 0 Å². The molecule has 0 N–H and O–H groups in total. The molecular formula is C11H10FN. The molecule has 13 heavy (non-hydrogen) atoms. The normalized spacial score (nSPS) is 10.2. The zero-order valence-electron chi connectivity index (χ0n) is 7.42. The van der Waals surface area contributed by atoms with Crippen LogP contribution in [-0.2, 0) is 0 Å². The molecule has 1 aromatic rings. The zero-order chi connectivity index (χ0) is 9.68. The van der Waals surface area contributed by atoms with Crippen molar-refractivity contribution in [1.82, 2.24) is 0 Å². The summed E-state index contributed by atoms with van der Waals surface area (Å²) >= 11 is 0. The summed E-state index contributed by atoms with van der Waals surface area (Å²) < 4.78 is 12.7. The first-order valence-electron chi connectivity index (χ1n) is 4.03. The van der Waals surface area contributed by atoms with Crippen molar-refractivity contribution in [3.05, 3.63) is 41.2 Å². The van der Waals surface area contributed by atoms with E-state index in [-0.39, 0.29) is 5.82 Å². The molecule has 0 saturated heterocycles. The maximum absolute atomic E-state index is 12.7. The van der Waals surface area contributed by atoms with Crippen LogP contribution in [0.15, 0.2) is 24.3 Å². The van der Waals surface area contributed by atoms with Gasteiger partial charge in [-0.25, -0.2) is 4.39 Å². The first-order valence-corrected chi connectivity index (χ1v) is 4.03. The Morgan fingerprint density at radius 3 is 2.92 bits per heavy atom. The Morgan fingerprint density at radius 1 is 1.54 bits per heavy atom. The fourth-order valence-electron chi connectivity index (χ4n) is 1.06. The Kier molecular flexibility index (Phi) is 3.22. The summed E-state index contributed by atoms with van der Waals surface area (Å²) in [6.07, 6.45) is 3.98. The predicted octanol–water partition coefficient (Wildman–Crippen LogP) is 3.06. The Hall–Kier alpha value is -1.62. The smallest absolute Gasteiger partial charge is 0.123 e. The van der Waals surface area contributed by atoms with Crippen LogP contribution in [0.4, 0.5) is 4.39 Å². The van der Waals surface area contributed by atoms with Crippen molar-refractivity contribution in [2.75, 3.05) is 0 Å². The summed E-state index contributed by atoms with van der Waals surface area (Å²) in [4.78, 5) is 0. The van der Waals surface area contributed by atoms with E-state index < -0.39 is 0 Å². The lowest BCUT2D eigenvalue weighted by Gasteiger charge is -1.98. The van der Waals surface area contributed by atoms with Crippen LogP contribution in [0.3, 0.4) is 0 Å². The van der Waals surface area contributed by atoms with Crippen LogP contribution in [-0.4, -0.2) is 0 Å². The van der Waals surface area contributed by atoms with E-state index in [4.69, 9.17) is 5.26 Å². The molecule has 0 bridgehead atoms. The number of nitrogens with zero attached hydrogens (tertiary/aromatic N) is 1. The van der Waals surface area contributed by atoms with Gasteiger partial charge in [-0.05, 0) is 30.2 Å². The van der Waals surface area contributed by atoms with Crippen molar-refractivity contribution in [3.63, 3.8) is 0 Å². The Morgan fingerprint density at radius 2 is 2.31 bits per heavy atom. The largest absolute Gasteiger partial charge is 0.207 e. The SMILES string of the molecule is Cc1cc(F)ccc1C=CCC#N. The number of allylic oxidation sites excluding steroid dienone is 1. The number of hydrogen-bond donors (Lipinski definition) is 0. The number of hydrogen-bond acceptors (Lipinski definition) is 1. The second-order valence-electron chi connectivity index (χ2n) is 2.77. The molecule has 66 valence electrons. The van der Waals surface area contributed by atoms with Crippen LogP contribution < -0.4 is 0 Å². The van der Waals surface area contributed by atoms with E-state index in [1.165, 1.54) is 12.1 Å². The highest BCUT2D eigenvalue weighted by atomic mass is 19.1. The topological polar surface area (TPSA) is 23.8 Å². The molecule has 0 unspecified atom stereocenters. The lowest BCUT2D eigenvalue weighted by atomic mass is 10.1. The lowest BCUT2D eigenvalue weighted by Crippen LogP contribution is -1.82. The van der Waals surface area contributed by atoms with E-state index in [9.17, 15) is 4.39 Å². The van der Waals surface area contributed by atoms with E-state index >= 15 is 0 Å². The van der Waals surface area contributed by atoms with Crippen LogP contribution in [0.25, 0.3) is 6.08 Å². The third-order valence-corrected chi connectivity index (χ3v) is 1.74. The van der Waals surface area contributed by atoms with Crippen molar-refractivity contribution in [2.45, 2.75) is 13.3 Å². The van der Waals surface area contributed by atoms with Crippen LogP contribution in [0.5, 0.6) is 0 Å². The summed E-state index contributed by atoms with van der Waals surface area (Å²) in [6, 6.07) is 6.61. The van der Waals surface area contributed by atoms with Crippen molar-refractivity contribution < 1.29 is 4.39 Å². The summed E-state index contributed by atoms with van der Waals surface area (Å²) in [5.74, 6) is -0.227. The van der Waals surface area contributed by atoms with Crippen LogP contribution in [0.1, 0.15) is 17.5 Å². The van der Waals surface area contributed by atoms with Gasteiger partial charge in [0.05, 0.1) is 12.5 Å². The maximum atomic E-state index is 12.7. The number of benzene rings is 1. The Balaban J connectivity index is 2.85. The highest BCUT2D eigenvalue weighted by Gasteiger charge is 1.95.